The molecule has 0 saturated heterocycles. The van der Waals surface area contributed by atoms with E-state index in [4.69, 9.17) is 10.8 Å². The fraction of sp³-hybridized carbons (Fsp3) is 0.944. The Hall–Kier alpha value is -0.570. The average Bonchev–Trinajstić information content (AvgIpc) is 2.45. The quantitative estimate of drug-likeness (QED) is 0.382. The first-order chi connectivity index (χ1) is 10.2. The zero-order valence-electron chi connectivity index (χ0n) is 14.1. The van der Waals surface area contributed by atoms with Crippen LogP contribution in [0.3, 0.4) is 0 Å². The second kappa shape index (κ2) is 15.8. The van der Waals surface area contributed by atoms with Gasteiger partial charge in [0.1, 0.15) is 0 Å². The van der Waals surface area contributed by atoms with Crippen molar-refractivity contribution in [2.45, 2.75) is 109 Å². The lowest BCUT2D eigenvalue weighted by Crippen LogP contribution is -2.19. The van der Waals surface area contributed by atoms with Gasteiger partial charge in [-0.05, 0) is 19.3 Å². The topological polar surface area (TPSA) is 63.3 Å². The molecule has 0 saturated carbocycles. The second-order valence-electron chi connectivity index (χ2n) is 6.37. The molecule has 1 atom stereocenters. The summed E-state index contributed by atoms with van der Waals surface area (Å²) in [5, 5.41) is 8.53. The maximum atomic E-state index is 10.3. The molecule has 126 valence electrons. The number of carbonyl (C=O) groups is 1. The Kier molecular flexibility index (Phi) is 15.4. The predicted molar refractivity (Wildman–Crippen MR) is 90.5 cm³/mol. The van der Waals surface area contributed by atoms with Gasteiger partial charge < -0.3 is 10.8 Å². The smallest absolute Gasteiger partial charge is 0.303 e. The SMILES string of the molecule is CCCCCCC(N)CCCCCCCCCCC(=O)O. The van der Waals surface area contributed by atoms with Crippen molar-refractivity contribution >= 4 is 5.97 Å². The number of carboxylic acids is 1. The lowest BCUT2D eigenvalue weighted by Gasteiger charge is -2.11. The summed E-state index contributed by atoms with van der Waals surface area (Å²) in [6, 6.07) is 0.415. The van der Waals surface area contributed by atoms with E-state index < -0.39 is 5.97 Å². The summed E-state index contributed by atoms with van der Waals surface area (Å²) in [6.45, 7) is 2.24. The normalized spacial score (nSPS) is 12.5. The first-order valence-electron chi connectivity index (χ1n) is 9.14. The molecule has 0 aliphatic heterocycles. The van der Waals surface area contributed by atoms with Gasteiger partial charge in [-0.3, -0.25) is 4.79 Å². The van der Waals surface area contributed by atoms with Crippen LogP contribution in [-0.2, 0) is 4.79 Å². The molecule has 3 N–H and O–H groups in total. The van der Waals surface area contributed by atoms with E-state index in [1.165, 1.54) is 77.0 Å². The number of rotatable bonds is 16. The Morgan fingerprint density at radius 1 is 0.810 bits per heavy atom. The Morgan fingerprint density at radius 3 is 1.71 bits per heavy atom. The van der Waals surface area contributed by atoms with Crippen LogP contribution in [0.1, 0.15) is 103 Å². The van der Waals surface area contributed by atoms with Crippen LogP contribution in [0.5, 0.6) is 0 Å². The van der Waals surface area contributed by atoms with Gasteiger partial charge in [-0.25, -0.2) is 0 Å². The van der Waals surface area contributed by atoms with E-state index in [1.807, 2.05) is 0 Å². The highest BCUT2D eigenvalue weighted by molar-refractivity contribution is 5.66. The van der Waals surface area contributed by atoms with Crippen LogP contribution in [0.2, 0.25) is 0 Å². The zero-order valence-corrected chi connectivity index (χ0v) is 14.1. The zero-order chi connectivity index (χ0) is 15.8. The minimum Gasteiger partial charge on any atom is -0.481 e. The molecule has 0 rings (SSSR count). The number of aliphatic carboxylic acids is 1. The Labute approximate surface area is 131 Å². The van der Waals surface area contributed by atoms with E-state index in [0.717, 1.165) is 12.8 Å². The Morgan fingerprint density at radius 2 is 1.24 bits per heavy atom. The van der Waals surface area contributed by atoms with Crippen molar-refractivity contribution in [3.05, 3.63) is 0 Å². The van der Waals surface area contributed by atoms with Crippen molar-refractivity contribution in [1.29, 1.82) is 0 Å². The lowest BCUT2D eigenvalue weighted by molar-refractivity contribution is -0.137. The van der Waals surface area contributed by atoms with Crippen LogP contribution in [0.25, 0.3) is 0 Å². The third-order valence-corrected chi connectivity index (χ3v) is 4.14. The van der Waals surface area contributed by atoms with Gasteiger partial charge >= 0.3 is 5.97 Å². The van der Waals surface area contributed by atoms with Crippen molar-refractivity contribution in [2.75, 3.05) is 0 Å². The van der Waals surface area contributed by atoms with Crippen LogP contribution >= 0.6 is 0 Å². The molecule has 0 heterocycles. The molecular weight excluding hydrogens is 262 g/mol. The molecule has 0 aliphatic carbocycles. The summed E-state index contributed by atoms with van der Waals surface area (Å²) in [6.07, 6.45) is 17.5. The number of nitrogens with two attached hydrogens (primary N) is 1. The van der Waals surface area contributed by atoms with Gasteiger partial charge in [-0.15, -0.1) is 0 Å². The molecule has 0 aromatic heterocycles. The monoisotopic (exact) mass is 299 g/mol. The molecule has 21 heavy (non-hydrogen) atoms. The summed E-state index contributed by atoms with van der Waals surface area (Å²) in [4.78, 5) is 10.3. The van der Waals surface area contributed by atoms with Crippen molar-refractivity contribution in [3.63, 3.8) is 0 Å². The van der Waals surface area contributed by atoms with Crippen molar-refractivity contribution in [3.8, 4) is 0 Å². The van der Waals surface area contributed by atoms with Gasteiger partial charge in [-0.1, -0.05) is 77.6 Å². The molecule has 0 amide bonds. The number of hydrogen-bond donors (Lipinski definition) is 2. The summed E-state index contributed by atoms with van der Waals surface area (Å²) < 4.78 is 0. The van der Waals surface area contributed by atoms with E-state index in [1.54, 1.807) is 0 Å². The van der Waals surface area contributed by atoms with E-state index in [-0.39, 0.29) is 0 Å². The molecule has 1 unspecified atom stereocenters. The minimum atomic E-state index is -0.666. The molecule has 0 radical (unpaired) electrons. The lowest BCUT2D eigenvalue weighted by atomic mass is 10.0. The van der Waals surface area contributed by atoms with Crippen molar-refractivity contribution < 1.29 is 9.90 Å². The highest BCUT2D eigenvalue weighted by atomic mass is 16.4. The van der Waals surface area contributed by atoms with Crippen LogP contribution < -0.4 is 5.73 Å². The Bertz CT molecular complexity index is 231. The Balaban J connectivity index is 3.12. The molecule has 0 spiro atoms. The first kappa shape index (κ1) is 20.4. The van der Waals surface area contributed by atoms with Crippen LogP contribution in [0, 0.1) is 0 Å². The highest BCUT2D eigenvalue weighted by Gasteiger charge is 2.02. The van der Waals surface area contributed by atoms with Crippen LogP contribution in [-0.4, -0.2) is 17.1 Å². The van der Waals surface area contributed by atoms with Gasteiger partial charge in [0.2, 0.25) is 0 Å². The molecule has 0 aromatic rings. The van der Waals surface area contributed by atoms with Crippen LogP contribution in [0.4, 0.5) is 0 Å². The number of hydrogen-bond acceptors (Lipinski definition) is 2. The van der Waals surface area contributed by atoms with Gasteiger partial charge in [0.05, 0.1) is 0 Å². The largest absolute Gasteiger partial charge is 0.481 e. The summed E-state index contributed by atoms with van der Waals surface area (Å²) in [5.41, 5.74) is 6.13. The third-order valence-electron chi connectivity index (χ3n) is 4.14. The fourth-order valence-electron chi connectivity index (χ4n) is 2.72. The number of carboxylic acid groups (broad SMARTS) is 1. The fourth-order valence-corrected chi connectivity index (χ4v) is 2.72. The van der Waals surface area contributed by atoms with Gasteiger partial charge in [0.15, 0.2) is 0 Å². The molecule has 0 bridgehead atoms. The van der Waals surface area contributed by atoms with Gasteiger partial charge in [0, 0.05) is 12.5 Å². The summed E-state index contributed by atoms with van der Waals surface area (Å²) >= 11 is 0. The average molecular weight is 299 g/mol. The van der Waals surface area contributed by atoms with E-state index in [2.05, 4.69) is 6.92 Å². The van der Waals surface area contributed by atoms with Gasteiger partial charge in [0.25, 0.3) is 0 Å². The highest BCUT2D eigenvalue weighted by Crippen LogP contribution is 2.13. The molecule has 3 nitrogen and oxygen atoms in total. The van der Waals surface area contributed by atoms with E-state index in [9.17, 15) is 4.79 Å². The summed E-state index contributed by atoms with van der Waals surface area (Å²) in [7, 11) is 0. The molecule has 3 heteroatoms. The predicted octanol–water partition coefficient (Wildman–Crippen LogP) is 5.27. The second-order valence-corrected chi connectivity index (χ2v) is 6.37. The van der Waals surface area contributed by atoms with Crippen molar-refractivity contribution in [2.24, 2.45) is 5.73 Å². The van der Waals surface area contributed by atoms with E-state index in [0.29, 0.717) is 12.5 Å². The summed E-state index contributed by atoms with van der Waals surface area (Å²) in [5.74, 6) is -0.666. The molecular formula is C18H37NO2. The minimum absolute atomic E-state index is 0.330. The molecule has 0 aromatic carbocycles. The molecule has 0 aliphatic rings. The van der Waals surface area contributed by atoms with E-state index >= 15 is 0 Å². The van der Waals surface area contributed by atoms with Gasteiger partial charge in [-0.2, -0.15) is 0 Å². The maximum absolute atomic E-state index is 10.3. The standard InChI is InChI=1S/C18H37NO2/c1-2-3-4-11-14-17(19)15-12-9-7-5-6-8-10-13-16-18(20)21/h17H,2-16,19H2,1H3,(H,20,21). The third kappa shape index (κ3) is 17.4. The van der Waals surface area contributed by atoms with Crippen LogP contribution in [0.15, 0.2) is 0 Å². The molecule has 0 fully saturated rings. The first-order valence-corrected chi connectivity index (χ1v) is 9.14. The van der Waals surface area contributed by atoms with Crippen molar-refractivity contribution in [1.82, 2.24) is 0 Å². The number of unbranched alkanes of at least 4 members (excludes halogenated alkanes) is 10. The maximum Gasteiger partial charge on any atom is 0.303 e.